The largest absolute Gasteiger partial charge is 0.369 e. The van der Waals surface area contributed by atoms with Gasteiger partial charge in [-0.2, -0.15) is 0 Å². The Balaban J connectivity index is 1.77. The Labute approximate surface area is 172 Å². The average Bonchev–Trinajstić information content (AvgIpc) is 3.29. The number of nitrogens with two attached hydrogens (primary N) is 1. The second-order valence-corrected chi connectivity index (χ2v) is 10.6. The fourth-order valence-electron chi connectivity index (χ4n) is 3.14. The van der Waals surface area contributed by atoms with Crippen molar-refractivity contribution >= 4 is 44.5 Å². The molecule has 0 bridgehead atoms. The maximum Gasteiger partial charge on any atom is 0.203 e. The molecule has 0 fully saturated rings. The number of guanidine groups is 1. The highest BCUT2D eigenvalue weighted by Gasteiger charge is 2.39. The topological polar surface area (TPSA) is 89.4 Å². The van der Waals surface area contributed by atoms with Crippen LogP contribution in [0.5, 0.6) is 0 Å². The molecule has 10 heteroatoms. The molecule has 0 radical (unpaired) electrons. The molecule has 2 atom stereocenters. The number of hydrogen-bond donors (Lipinski definition) is 1. The van der Waals surface area contributed by atoms with Gasteiger partial charge in [-0.15, -0.1) is 11.3 Å². The molecule has 0 aromatic carbocycles. The maximum atomic E-state index is 12.9. The van der Waals surface area contributed by atoms with E-state index in [-0.39, 0.29) is 11.7 Å². The van der Waals surface area contributed by atoms with E-state index in [0.29, 0.717) is 5.02 Å². The van der Waals surface area contributed by atoms with E-state index in [0.717, 1.165) is 21.3 Å². The minimum Gasteiger partial charge on any atom is -0.369 e. The molecule has 4 rings (SSSR count). The smallest absolute Gasteiger partial charge is 0.203 e. The first-order chi connectivity index (χ1) is 13.2. The van der Waals surface area contributed by atoms with Crippen LogP contribution in [0.1, 0.15) is 11.8 Å². The van der Waals surface area contributed by atoms with E-state index in [2.05, 4.69) is 15.8 Å². The van der Waals surface area contributed by atoms with Gasteiger partial charge in [0.1, 0.15) is 17.7 Å². The third-order valence-electron chi connectivity index (χ3n) is 4.62. The molecule has 1 aliphatic heterocycles. The molecule has 1 aliphatic rings. The number of thiophene rings is 1. The molecule has 0 amide bonds. The molecule has 0 saturated heterocycles. The molecule has 7 nitrogen and oxygen atoms in total. The van der Waals surface area contributed by atoms with E-state index in [1.54, 1.807) is 19.6 Å². The quantitative estimate of drug-likeness (QED) is 0.642. The van der Waals surface area contributed by atoms with Crippen molar-refractivity contribution in [2.45, 2.75) is 12.5 Å². The predicted octanol–water partition coefficient (Wildman–Crippen LogP) is 2.76. The zero-order valence-corrected chi connectivity index (χ0v) is 17.8. The van der Waals surface area contributed by atoms with E-state index in [1.807, 2.05) is 42.0 Å². The second-order valence-electron chi connectivity index (χ2n) is 6.80. The van der Waals surface area contributed by atoms with Crippen molar-refractivity contribution in [2.75, 3.05) is 12.8 Å². The number of pyridine rings is 1. The van der Waals surface area contributed by atoms with Crippen LogP contribution in [0.2, 0.25) is 5.02 Å². The summed E-state index contributed by atoms with van der Waals surface area (Å²) < 4.78 is 16.2. The molecule has 146 valence electrons. The fourth-order valence-corrected chi connectivity index (χ4v) is 6.50. The first-order valence-electron chi connectivity index (χ1n) is 8.39. The molecular formula is C18H19ClN6OS2. The van der Waals surface area contributed by atoms with Gasteiger partial charge in [0.05, 0.1) is 35.9 Å². The molecule has 1 unspecified atom stereocenters. The first kappa shape index (κ1) is 19.0. The van der Waals surface area contributed by atoms with Gasteiger partial charge in [0, 0.05) is 19.4 Å². The van der Waals surface area contributed by atoms with E-state index in [4.69, 9.17) is 22.3 Å². The summed E-state index contributed by atoms with van der Waals surface area (Å²) in [7, 11) is -0.936. The van der Waals surface area contributed by atoms with E-state index in [9.17, 15) is 4.21 Å². The Bertz CT molecular complexity index is 1170. The number of imidazole rings is 1. The Morgan fingerprint density at radius 2 is 2.21 bits per heavy atom. The summed E-state index contributed by atoms with van der Waals surface area (Å²) in [5.41, 5.74) is 5.98. The van der Waals surface area contributed by atoms with Crippen LogP contribution < -0.4 is 5.73 Å². The summed E-state index contributed by atoms with van der Waals surface area (Å²) in [6.07, 6.45) is 5.23. The lowest BCUT2D eigenvalue weighted by atomic mass is 10.0. The Morgan fingerprint density at radius 3 is 2.89 bits per heavy atom. The number of nitrogens with zero attached hydrogens (tertiary/aromatic N) is 5. The fraction of sp³-hybridized carbons (Fsp3) is 0.222. The molecule has 0 spiro atoms. The number of halogens is 1. The summed E-state index contributed by atoms with van der Waals surface area (Å²) in [4.78, 5) is 15.0. The summed E-state index contributed by atoms with van der Waals surface area (Å²) in [6, 6.07) is 7.62. The number of aromatic nitrogens is 3. The monoisotopic (exact) mass is 434 g/mol. The Hall–Kier alpha value is -2.36. The summed E-state index contributed by atoms with van der Waals surface area (Å²) in [5, 5.41) is 0.550. The molecule has 2 N–H and O–H groups in total. The van der Waals surface area contributed by atoms with Gasteiger partial charge in [-0.1, -0.05) is 17.7 Å². The number of hydrogen-bond acceptors (Lipinski definition) is 6. The molecular weight excluding hydrogens is 416 g/mol. The standard InChI is InChI=1S/C18H19ClN6OS2/c1-18(10-28(3,26)24(2)17(20)23-18)16-12(19)9-14(27-16)13-5-4-6-15(22-13)25-8-7-21-11-25/h4-9,11H,3,10H2,1-2H3,(H2,20,23)/t18-,28?/m0/s1. The van der Waals surface area contributed by atoms with Crippen molar-refractivity contribution < 1.29 is 4.21 Å². The third-order valence-corrected chi connectivity index (χ3v) is 8.64. The van der Waals surface area contributed by atoms with Crippen molar-refractivity contribution in [1.29, 1.82) is 0 Å². The maximum absolute atomic E-state index is 12.9. The predicted molar refractivity (Wildman–Crippen MR) is 117 cm³/mol. The Morgan fingerprint density at radius 1 is 1.43 bits per heavy atom. The first-order valence-corrected chi connectivity index (χ1v) is 11.4. The van der Waals surface area contributed by atoms with Crippen LogP contribution in [0.25, 0.3) is 16.4 Å². The zero-order chi connectivity index (χ0) is 20.1. The highest BCUT2D eigenvalue weighted by atomic mass is 35.5. The highest BCUT2D eigenvalue weighted by Crippen LogP contribution is 2.43. The van der Waals surface area contributed by atoms with E-state index in [1.165, 1.54) is 15.6 Å². The van der Waals surface area contributed by atoms with Gasteiger partial charge in [-0.3, -0.25) is 8.87 Å². The molecule has 0 aliphatic carbocycles. The van der Waals surface area contributed by atoms with Gasteiger partial charge < -0.3 is 5.73 Å². The molecule has 3 aromatic heterocycles. The van der Waals surface area contributed by atoms with Crippen LogP contribution in [0, 0.1) is 0 Å². The van der Waals surface area contributed by atoms with Crippen LogP contribution in [-0.4, -0.2) is 47.7 Å². The van der Waals surface area contributed by atoms with Crippen LogP contribution in [0.3, 0.4) is 0 Å². The van der Waals surface area contributed by atoms with Gasteiger partial charge >= 0.3 is 0 Å². The van der Waals surface area contributed by atoms with Gasteiger partial charge in [0.25, 0.3) is 0 Å². The van der Waals surface area contributed by atoms with Crippen LogP contribution in [0.15, 0.2) is 48.0 Å². The van der Waals surface area contributed by atoms with Crippen molar-refractivity contribution in [3.05, 3.63) is 52.9 Å². The normalized spacial score (nSPS) is 25.0. The van der Waals surface area contributed by atoms with Crippen LogP contribution >= 0.6 is 22.9 Å². The number of aliphatic imine (C=N–C) groups is 1. The van der Waals surface area contributed by atoms with Crippen molar-refractivity contribution in [3.63, 3.8) is 0 Å². The van der Waals surface area contributed by atoms with Crippen molar-refractivity contribution in [2.24, 2.45) is 10.7 Å². The Kier molecular flexibility index (Phi) is 4.48. The van der Waals surface area contributed by atoms with Crippen molar-refractivity contribution in [1.82, 2.24) is 18.8 Å². The number of rotatable bonds is 3. The van der Waals surface area contributed by atoms with Gasteiger partial charge in [-0.05, 0) is 31.0 Å². The molecule has 3 aromatic rings. The van der Waals surface area contributed by atoms with E-state index >= 15 is 0 Å². The summed E-state index contributed by atoms with van der Waals surface area (Å²) in [5.74, 6) is 5.04. The van der Waals surface area contributed by atoms with Crippen LogP contribution in [-0.2, 0) is 15.2 Å². The van der Waals surface area contributed by atoms with Gasteiger partial charge in [0.2, 0.25) is 5.96 Å². The molecule has 4 heterocycles. The van der Waals surface area contributed by atoms with Gasteiger partial charge in [0.15, 0.2) is 0 Å². The lowest BCUT2D eigenvalue weighted by Gasteiger charge is -2.36. The minimum absolute atomic E-state index is 0.194. The van der Waals surface area contributed by atoms with Crippen molar-refractivity contribution in [3.8, 4) is 16.4 Å². The molecule has 28 heavy (non-hydrogen) atoms. The zero-order valence-electron chi connectivity index (χ0n) is 15.4. The average molecular weight is 435 g/mol. The van der Waals surface area contributed by atoms with Gasteiger partial charge in [-0.25, -0.2) is 19.2 Å². The third kappa shape index (κ3) is 3.19. The summed E-state index contributed by atoms with van der Waals surface area (Å²) >= 11 is 8.04. The SMILES string of the molecule is C=S1(=O)C[C@@](C)(c2sc(-c3cccc(-n4ccnc4)n3)cc2Cl)N=C(N)N1C. The lowest BCUT2D eigenvalue weighted by molar-refractivity contribution is 0.522. The highest BCUT2D eigenvalue weighted by molar-refractivity contribution is 7.98. The molecule has 0 saturated carbocycles. The second kappa shape index (κ2) is 6.61. The summed E-state index contributed by atoms with van der Waals surface area (Å²) in [6.45, 7) is 1.88. The van der Waals surface area contributed by atoms with Crippen LogP contribution in [0.4, 0.5) is 0 Å². The minimum atomic E-state index is -2.58. The van der Waals surface area contributed by atoms with E-state index < -0.39 is 15.2 Å². The lowest BCUT2D eigenvalue weighted by Crippen LogP contribution is -2.50.